The summed E-state index contributed by atoms with van der Waals surface area (Å²) in [6, 6.07) is 3.97. The van der Waals surface area contributed by atoms with Crippen LogP contribution in [0.1, 0.15) is 16.2 Å². The van der Waals surface area contributed by atoms with Crippen molar-refractivity contribution in [2.45, 2.75) is 6.54 Å². The molecular formula is C10H9N3OS. The van der Waals surface area contributed by atoms with Crippen LogP contribution in [-0.2, 0) is 6.54 Å². The van der Waals surface area contributed by atoms with E-state index in [1.54, 1.807) is 11.3 Å². The number of hydrogen-bond acceptors (Lipinski definition) is 4. The molecule has 4 nitrogen and oxygen atoms in total. The summed E-state index contributed by atoms with van der Waals surface area (Å²) in [5.41, 5.74) is 1.49. The average molecular weight is 219 g/mol. The van der Waals surface area contributed by atoms with Crippen LogP contribution in [0, 0.1) is 0 Å². The Morgan fingerprint density at radius 3 is 3.07 bits per heavy atom. The molecule has 2 aromatic rings. The van der Waals surface area contributed by atoms with Crippen molar-refractivity contribution in [3.05, 3.63) is 28.9 Å². The normalized spacial score (nSPS) is 15.3. The molecule has 1 aliphatic rings. The number of carbonyl (C=O) groups is 1. The third kappa shape index (κ3) is 1.40. The van der Waals surface area contributed by atoms with Gasteiger partial charge in [-0.3, -0.25) is 4.79 Å². The molecule has 76 valence electrons. The van der Waals surface area contributed by atoms with Gasteiger partial charge < -0.3 is 10.3 Å². The zero-order valence-electron chi connectivity index (χ0n) is 7.91. The summed E-state index contributed by atoms with van der Waals surface area (Å²) in [4.78, 5) is 20.1. The molecule has 0 aromatic carbocycles. The van der Waals surface area contributed by atoms with Crippen molar-refractivity contribution in [1.29, 1.82) is 0 Å². The number of Topliss-reactive ketones (excluding diaryl/α,β-unsaturated/α-hetero) is 1. The molecule has 3 heterocycles. The summed E-state index contributed by atoms with van der Waals surface area (Å²) in [6.45, 7) is 1.08. The number of H-pyrrole nitrogens is 1. The average Bonchev–Trinajstić information content (AvgIpc) is 2.86. The Labute approximate surface area is 90.4 Å². The molecule has 0 amide bonds. The number of nitrogens with one attached hydrogen (secondary N) is 2. The predicted octanol–water partition coefficient (Wildman–Crippen LogP) is 1.42. The molecule has 2 N–H and O–H groups in total. The number of imidazole rings is 1. The molecule has 0 radical (unpaired) electrons. The number of hydrogen-bond donors (Lipinski definition) is 2. The van der Waals surface area contributed by atoms with Gasteiger partial charge in [0.1, 0.15) is 11.5 Å². The van der Waals surface area contributed by atoms with E-state index >= 15 is 0 Å². The van der Waals surface area contributed by atoms with Crippen molar-refractivity contribution in [2.24, 2.45) is 0 Å². The quantitative estimate of drug-likeness (QED) is 0.762. The second-order valence-electron chi connectivity index (χ2n) is 3.42. The van der Waals surface area contributed by atoms with Crippen molar-refractivity contribution in [2.75, 3.05) is 6.54 Å². The van der Waals surface area contributed by atoms with Crippen molar-refractivity contribution in [3.8, 4) is 10.7 Å². The smallest absolute Gasteiger partial charge is 0.196 e. The van der Waals surface area contributed by atoms with Gasteiger partial charge in [0.2, 0.25) is 0 Å². The lowest BCUT2D eigenvalue weighted by Gasteiger charge is -2.08. The minimum Gasteiger partial charge on any atom is -0.339 e. The second kappa shape index (κ2) is 3.29. The number of aromatic nitrogens is 2. The SMILES string of the molecule is O=C1CNCc2[nH]c(-c3cccs3)nc21. The maximum Gasteiger partial charge on any atom is 0.196 e. The number of ketones is 1. The van der Waals surface area contributed by atoms with Gasteiger partial charge in [-0.05, 0) is 11.4 Å². The predicted molar refractivity (Wildman–Crippen MR) is 57.9 cm³/mol. The molecule has 0 spiro atoms. The van der Waals surface area contributed by atoms with E-state index in [0.29, 0.717) is 18.8 Å². The molecule has 3 rings (SSSR count). The van der Waals surface area contributed by atoms with Crippen molar-refractivity contribution >= 4 is 17.1 Å². The molecule has 15 heavy (non-hydrogen) atoms. The first-order valence-electron chi connectivity index (χ1n) is 4.71. The maximum absolute atomic E-state index is 11.5. The van der Waals surface area contributed by atoms with E-state index in [-0.39, 0.29) is 5.78 Å². The van der Waals surface area contributed by atoms with Gasteiger partial charge in [-0.15, -0.1) is 11.3 Å². The van der Waals surface area contributed by atoms with Crippen molar-refractivity contribution < 1.29 is 4.79 Å². The Balaban J connectivity index is 2.09. The van der Waals surface area contributed by atoms with Crippen LogP contribution in [0.4, 0.5) is 0 Å². The third-order valence-electron chi connectivity index (χ3n) is 2.38. The fourth-order valence-electron chi connectivity index (χ4n) is 1.68. The van der Waals surface area contributed by atoms with Gasteiger partial charge in [0.05, 0.1) is 17.1 Å². The minimum absolute atomic E-state index is 0.0651. The van der Waals surface area contributed by atoms with E-state index in [9.17, 15) is 4.79 Å². The highest BCUT2D eigenvalue weighted by Crippen LogP contribution is 2.24. The Kier molecular flexibility index (Phi) is 1.93. The fraction of sp³-hybridized carbons (Fsp3) is 0.200. The van der Waals surface area contributed by atoms with Gasteiger partial charge >= 0.3 is 0 Å². The molecule has 2 aromatic heterocycles. The van der Waals surface area contributed by atoms with Gasteiger partial charge in [0.25, 0.3) is 0 Å². The number of rotatable bonds is 1. The van der Waals surface area contributed by atoms with Crippen LogP contribution in [0.15, 0.2) is 17.5 Å². The number of nitrogens with zero attached hydrogens (tertiary/aromatic N) is 1. The summed E-state index contributed by atoms with van der Waals surface area (Å²) in [6.07, 6.45) is 0. The highest BCUT2D eigenvalue weighted by molar-refractivity contribution is 7.13. The molecule has 1 aliphatic heterocycles. The Bertz CT molecular complexity index is 501. The summed E-state index contributed by atoms with van der Waals surface area (Å²) in [5, 5.41) is 5.03. The van der Waals surface area contributed by atoms with Crippen LogP contribution in [0.3, 0.4) is 0 Å². The van der Waals surface area contributed by atoms with Gasteiger partial charge in [0.15, 0.2) is 5.78 Å². The lowest BCUT2D eigenvalue weighted by molar-refractivity contribution is 0.0977. The molecule has 0 bridgehead atoms. The first kappa shape index (κ1) is 8.82. The Morgan fingerprint density at radius 2 is 2.33 bits per heavy atom. The summed E-state index contributed by atoms with van der Waals surface area (Å²) < 4.78 is 0. The Morgan fingerprint density at radius 1 is 1.40 bits per heavy atom. The second-order valence-corrected chi connectivity index (χ2v) is 4.36. The Hall–Kier alpha value is -1.46. The van der Waals surface area contributed by atoms with Crippen LogP contribution in [0.2, 0.25) is 0 Å². The van der Waals surface area contributed by atoms with Crippen LogP contribution in [-0.4, -0.2) is 22.3 Å². The monoisotopic (exact) mass is 219 g/mol. The molecule has 5 heteroatoms. The van der Waals surface area contributed by atoms with Crippen LogP contribution < -0.4 is 5.32 Å². The van der Waals surface area contributed by atoms with Crippen LogP contribution in [0.25, 0.3) is 10.7 Å². The van der Waals surface area contributed by atoms with Crippen LogP contribution in [0.5, 0.6) is 0 Å². The van der Waals surface area contributed by atoms with Gasteiger partial charge in [-0.2, -0.15) is 0 Å². The zero-order chi connectivity index (χ0) is 10.3. The number of carbonyl (C=O) groups excluding carboxylic acids is 1. The molecule has 0 unspecified atom stereocenters. The summed E-state index contributed by atoms with van der Waals surface area (Å²) in [5.74, 6) is 0.863. The molecule has 0 saturated carbocycles. The molecule has 0 aliphatic carbocycles. The van der Waals surface area contributed by atoms with Crippen molar-refractivity contribution in [1.82, 2.24) is 15.3 Å². The first-order valence-corrected chi connectivity index (χ1v) is 5.59. The molecular weight excluding hydrogens is 210 g/mol. The number of thiophene rings is 1. The third-order valence-corrected chi connectivity index (χ3v) is 3.26. The van der Waals surface area contributed by atoms with E-state index in [1.807, 2.05) is 17.5 Å². The first-order chi connectivity index (χ1) is 7.34. The molecule has 0 atom stereocenters. The fourth-order valence-corrected chi connectivity index (χ4v) is 2.35. The van der Waals surface area contributed by atoms with Gasteiger partial charge in [0, 0.05) is 6.54 Å². The topological polar surface area (TPSA) is 57.8 Å². The van der Waals surface area contributed by atoms with E-state index in [0.717, 1.165) is 16.4 Å². The van der Waals surface area contributed by atoms with Gasteiger partial charge in [-0.1, -0.05) is 6.07 Å². The largest absolute Gasteiger partial charge is 0.339 e. The minimum atomic E-state index is 0.0651. The highest BCUT2D eigenvalue weighted by Gasteiger charge is 2.21. The molecule has 0 saturated heterocycles. The lowest BCUT2D eigenvalue weighted by Crippen LogP contribution is -2.29. The number of fused-ring (bicyclic) bond motifs is 1. The van der Waals surface area contributed by atoms with E-state index in [1.165, 1.54) is 0 Å². The van der Waals surface area contributed by atoms with Crippen molar-refractivity contribution in [3.63, 3.8) is 0 Å². The number of aromatic amines is 1. The van der Waals surface area contributed by atoms with E-state index < -0.39 is 0 Å². The maximum atomic E-state index is 11.5. The van der Waals surface area contributed by atoms with Gasteiger partial charge in [-0.25, -0.2) is 4.98 Å². The highest BCUT2D eigenvalue weighted by atomic mass is 32.1. The standard InChI is InChI=1S/C10H9N3OS/c14-7-5-11-4-6-9(7)13-10(12-6)8-2-1-3-15-8/h1-3,11H,4-5H2,(H,12,13). The summed E-state index contributed by atoms with van der Waals surface area (Å²) >= 11 is 1.62. The lowest BCUT2D eigenvalue weighted by atomic mass is 10.2. The van der Waals surface area contributed by atoms with E-state index in [4.69, 9.17) is 0 Å². The van der Waals surface area contributed by atoms with E-state index in [2.05, 4.69) is 15.3 Å². The summed E-state index contributed by atoms with van der Waals surface area (Å²) in [7, 11) is 0. The zero-order valence-corrected chi connectivity index (χ0v) is 8.73. The van der Waals surface area contributed by atoms with Crippen LogP contribution >= 0.6 is 11.3 Å². The molecule has 0 fully saturated rings.